The summed E-state index contributed by atoms with van der Waals surface area (Å²) in [5, 5.41) is 0. The molecule has 0 saturated heterocycles. The van der Waals surface area contributed by atoms with Gasteiger partial charge < -0.3 is 0 Å². The van der Waals surface area contributed by atoms with Gasteiger partial charge in [-0.15, -0.1) is 0 Å². The third-order valence-corrected chi connectivity index (χ3v) is 10.2. The highest BCUT2D eigenvalue weighted by molar-refractivity contribution is 5.87. The van der Waals surface area contributed by atoms with Gasteiger partial charge in [0.1, 0.15) is 0 Å². The summed E-state index contributed by atoms with van der Waals surface area (Å²) in [5.41, 5.74) is 16.8. The lowest BCUT2D eigenvalue weighted by Crippen LogP contribution is -2.25. The van der Waals surface area contributed by atoms with E-state index in [1.165, 1.54) is 66.8 Å². The lowest BCUT2D eigenvalue weighted by molar-refractivity contribution is 0.422. The maximum atomic E-state index is 3.87. The van der Waals surface area contributed by atoms with Crippen LogP contribution in [0.5, 0.6) is 0 Å². The van der Waals surface area contributed by atoms with Gasteiger partial charge in [0.15, 0.2) is 0 Å². The molecule has 0 unspecified atom stereocenters. The van der Waals surface area contributed by atoms with E-state index in [2.05, 4.69) is 138 Å². The topological polar surface area (TPSA) is 0 Å². The molecule has 0 saturated carbocycles. The summed E-state index contributed by atoms with van der Waals surface area (Å²) in [7, 11) is 0. The number of fused-ring (bicyclic) bond motifs is 6. The Morgan fingerprint density at radius 3 is 1.48 bits per heavy atom. The Morgan fingerprint density at radius 1 is 0.545 bits per heavy atom. The van der Waals surface area contributed by atoms with Crippen molar-refractivity contribution >= 4 is 0 Å². The highest BCUT2D eigenvalue weighted by atomic mass is 14.5. The number of hydrogen-bond acceptors (Lipinski definition) is 0. The van der Waals surface area contributed by atoms with Crippen LogP contribution >= 0.6 is 0 Å². The summed E-state index contributed by atoms with van der Waals surface area (Å²) < 4.78 is 0. The summed E-state index contributed by atoms with van der Waals surface area (Å²) in [4.78, 5) is 0. The number of benzene rings is 4. The van der Waals surface area contributed by atoms with Gasteiger partial charge in [-0.3, -0.25) is 0 Å². The van der Waals surface area contributed by atoms with Crippen LogP contribution in [0.15, 0.2) is 122 Å². The molecule has 0 heteroatoms. The molecule has 0 fully saturated rings. The van der Waals surface area contributed by atoms with Gasteiger partial charge in [0.25, 0.3) is 0 Å². The van der Waals surface area contributed by atoms with E-state index in [0.29, 0.717) is 0 Å². The summed E-state index contributed by atoms with van der Waals surface area (Å²) in [6.07, 6.45) is 19.2. The van der Waals surface area contributed by atoms with Crippen molar-refractivity contribution in [1.29, 1.82) is 0 Å². The second-order valence-electron chi connectivity index (χ2n) is 13.4. The average Bonchev–Trinajstić information content (AvgIpc) is 3.41. The third-order valence-electron chi connectivity index (χ3n) is 10.2. The Hall–Kier alpha value is -4.16. The first-order valence-electron chi connectivity index (χ1n) is 16.4. The molecule has 0 heterocycles. The number of hydrogen-bond donors (Lipinski definition) is 0. The molecule has 0 aromatic heterocycles. The highest BCUT2D eigenvalue weighted by Gasteiger charge is 2.42. The predicted molar refractivity (Wildman–Crippen MR) is 192 cm³/mol. The third kappa shape index (κ3) is 5.15. The van der Waals surface area contributed by atoms with Crippen molar-refractivity contribution in [3.05, 3.63) is 156 Å². The van der Waals surface area contributed by atoms with Crippen LogP contribution < -0.4 is 0 Å². The van der Waals surface area contributed by atoms with Crippen molar-refractivity contribution in [2.24, 2.45) is 0 Å². The Morgan fingerprint density at radius 2 is 0.955 bits per heavy atom. The van der Waals surface area contributed by atoms with E-state index in [0.717, 1.165) is 38.5 Å². The monoisotopic (exact) mass is 574 g/mol. The lowest BCUT2D eigenvalue weighted by atomic mass is 9.70. The minimum Gasteiger partial charge on any atom is -0.0991 e. The van der Waals surface area contributed by atoms with E-state index in [1.807, 2.05) is 12.2 Å². The zero-order chi connectivity index (χ0) is 30.9. The molecule has 2 aliphatic carbocycles. The Labute approximate surface area is 265 Å². The molecular formula is C44H46. The maximum Gasteiger partial charge on any atom is 0.0215 e. The van der Waals surface area contributed by atoms with E-state index in [4.69, 9.17) is 0 Å². The zero-order valence-corrected chi connectivity index (χ0v) is 27.0. The van der Waals surface area contributed by atoms with Crippen LogP contribution in [0.4, 0.5) is 0 Å². The van der Waals surface area contributed by atoms with Crippen LogP contribution in [-0.2, 0) is 10.8 Å². The van der Waals surface area contributed by atoms with Crippen LogP contribution in [0.25, 0.3) is 33.4 Å². The van der Waals surface area contributed by atoms with Gasteiger partial charge in [-0.1, -0.05) is 135 Å². The molecule has 44 heavy (non-hydrogen) atoms. The molecule has 0 amide bonds. The van der Waals surface area contributed by atoms with Crippen LogP contribution in [0.3, 0.4) is 0 Å². The van der Waals surface area contributed by atoms with Gasteiger partial charge in [0, 0.05) is 10.8 Å². The average molecular weight is 575 g/mol. The first-order chi connectivity index (χ1) is 21.3. The zero-order valence-electron chi connectivity index (χ0n) is 27.0. The summed E-state index contributed by atoms with van der Waals surface area (Å²) >= 11 is 0. The molecule has 2 aliphatic rings. The second kappa shape index (κ2) is 12.1. The SMILES string of the molecule is C=C/C=C\CCCC1(CCC/C=C\C=C)c2cc(C)ccc2-c2ccc(-c3ccc4c(c3)C(C)(C)c3cc(C)ccc3-4)cc21. The van der Waals surface area contributed by atoms with Gasteiger partial charge >= 0.3 is 0 Å². The van der Waals surface area contributed by atoms with Gasteiger partial charge in [-0.05, 0) is 120 Å². The van der Waals surface area contributed by atoms with Crippen LogP contribution in [0.2, 0.25) is 0 Å². The van der Waals surface area contributed by atoms with E-state index in [9.17, 15) is 0 Å². The molecule has 0 aliphatic heterocycles. The molecule has 4 aromatic carbocycles. The molecule has 4 aromatic rings. The van der Waals surface area contributed by atoms with Crippen molar-refractivity contribution in [2.45, 2.75) is 77.0 Å². The minimum atomic E-state index is -0.0150. The minimum absolute atomic E-state index is 0.000492. The van der Waals surface area contributed by atoms with E-state index in [-0.39, 0.29) is 10.8 Å². The second-order valence-corrected chi connectivity index (χ2v) is 13.4. The molecular weight excluding hydrogens is 528 g/mol. The molecule has 0 radical (unpaired) electrons. The summed E-state index contributed by atoms with van der Waals surface area (Å²) in [5.74, 6) is 0. The maximum absolute atomic E-state index is 3.87. The van der Waals surface area contributed by atoms with Crippen LogP contribution in [0, 0.1) is 13.8 Å². The highest BCUT2D eigenvalue weighted by Crippen LogP contribution is 2.56. The van der Waals surface area contributed by atoms with Crippen molar-refractivity contribution in [3.63, 3.8) is 0 Å². The largest absolute Gasteiger partial charge is 0.0991 e. The lowest BCUT2D eigenvalue weighted by Gasteiger charge is -2.33. The van der Waals surface area contributed by atoms with Crippen molar-refractivity contribution in [3.8, 4) is 33.4 Å². The van der Waals surface area contributed by atoms with Crippen LogP contribution in [-0.4, -0.2) is 0 Å². The molecule has 222 valence electrons. The van der Waals surface area contributed by atoms with Crippen LogP contribution in [0.1, 0.15) is 85.8 Å². The van der Waals surface area contributed by atoms with Crippen molar-refractivity contribution in [2.75, 3.05) is 0 Å². The van der Waals surface area contributed by atoms with Gasteiger partial charge in [-0.2, -0.15) is 0 Å². The summed E-state index contributed by atoms with van der Waals surface area (Å²) in [6, 6.07) is 28.6. The Balaban J connectivity index is 1.45. The molecule has 6 rings (SSSR count). The smallest absolute Gasteiger partial charge is 0.0215 e. The predicted octanol–water partition coefficient (Wildman–Crippen LogP) is 12.4. The molecule has 0 N–H and O–H groups in total. The fourth-order valence-corrected chi connectivity index (χ4v) is 7.91. The quantitative estimate of drug-likeness (QED) is 0.123. The molecule has 0 spiro atoms. The number of allylic oxidation sites excluding steroid dienone is 6. The van der Waals surface area contributed by atoms with Gasteiger partial charge in [-0.25, -0.2) is 0 Å². The molecule has 0 atom stereocenters. The summed E-state index contributed by atoms with van der Waals surface area (Å²) in [6.45, 7) is 16.9. The normalized spacial score (nSPS) is 15.3. The number of rotatable bonds is 11. The van der Waals surface area contributed by atoms with Crippen molar-refractivity contribution < 1.29 is 0 Å². The Kier molecular flexibility index (Phi) is 8.21. The van der Waals surface area contributed by atoms with Gasteiger partial charge in [0.05, 0.1) is 0 Å². The standard InChI is InChI=1S/C44H46/c1-7-9-11-13-15-25-44(26-16-14-12-10-8-2)41-28-32(4)18-22-37(41)38-24-20-34(30-42(38)44)33-19-23-36-35-21-17-31(3)27-39(35)43(5,6)40(36)29-33/h7-12,17-24,27-30H,1-2,13-16,25-26H2,3-6H3/b11-9-,12-10-. The van der Waals surface area contributed by atoms with E-state index < -0.39 is 0 Å². The number of aryl methyl sites for hydroxylation is 2. The molecule has 0 bridgehead atoms. The molecule has 0 nitrogen and oxygen atoms in total. The Bertz CT molecular complexity index is 1760. The number of unbranched alkanes of at least 4 members (excludes halogenated alkanes) is 2. The first-order valence-corrected chi connectivity index (χ1v) is 16.4. The van der Waals surface area contributed by atoms with E-state index in [1.54, 1.807) is 0 Å². The van der Waals surface area contributed by atoms with Gasteiger partial charge in [0.2, 0.25) is 0 Å². The van der Waals surface area contributed by atoms with E-state index >= 15 is 0 Å². The fourth-order valence-electron chi connectivity index (χ4n) is 7.91. The fraction of sp³-hybridized carbons (Fsp3) is 0.273. The first kappa shape index (κ1) is 29.9. The van der Waals surface area contributed by atoms with Crippen molar-refractivity contribution in [1.82, 2.24) is 0 Å².